The van der Waals surface area contributed by atoms with Crippen LogP contribution in [0.2, 0.25) is 0 Å². The largest absolute Gasteiger partial charge is 0.328 e. The van der Waals surface area contributed by atoms with Gasteiger partial charge in [0.1, 0.15) is 6.54 Å². The number of anilines is 1. The zero-order valence-electron chi connectivity index (χ0n) is 11.4. The Morgan fingerprint density at radius 3 is 2.60 bits per heavy atom. The van der Waals surface area contributed by atoms with Gasteiger partial charge in [0.2, 0.25) is 5.91 Å². The second kappa shape index (κ2) is 5.00. The van der Waals surface area contributed by atoms with Gasteiger partial charge in [-0.25, -0.2) is 4.79 Å². The molecule has 1 amide bonds. The number of imidazole rings is 1. The van der Waals surface area contributed by atoms with Crippen LogP contribution in [0.15, 0.2) is 41.5 Å². The predicted molar refractivity (Wildman–Crippen MR) is 76.8 cm³/mol. The minimum atomic E-state index is -0.190. The molecule has 1 N–H and O–H groups in total. The molecule has 5 heteroatoms. The molecular weight excluding hydrogens is 254 g/mol. The Bertz CT molecular complexity index is 678. The van der Waals surface area contributed by atoms with Gasteiger partial charge in [0.15, 0.2) is 0 Å². The number of hydrogen-bond acceptors (Lipinski definition) is 2. The highest BCUT2D eigenvalue weighted by Crippen LogP contribution is 2.33. The molecule has 1 heterocycles. The standard InChI is InChI=1S/C15H17N3O2/c1-11-2-4-12(5-3-11)16-14(19)10-17-8-9-18(15(17)20)13-6-7-13/h2-5,8-9,13H,6-7,10H2,1H3,(H,16,19). The van der Waals surface area contributed by atoms with E-state index in [1.54, 1.807) is 17.0 Å². The minimum Gasteiger partial charge on any atom is -0.325 e. The normalized spacial score (nSPS) is 14.2. The van der Waals surface area contributed by atoms with Gasteiger partial charge in [-0.3, -0.25) is 13.9 Å². The van der Waals surface area contributed by atoms with E-state index in [1.807, 2.05) is 31.2 Å². The Balaban J connectivity index is 1.66. The average molecular weight is 271 g/mol. The van der Waals surface area contributed by atoms with Crippen LogP contribution in [-0.2, 0) is 11.3 Å². The Morgan fingerprint density at radius 1 is 1.25 bits per heavy atom. The molecule has 1 saturated carbocycles. The number of aromatic nitrogens is 2. The molecule has 1 aliphatic carbocycles. The lowest BCUT2D eigenvalue weighted by molar-refractivity contribution is -0.116. The van der Waals surface area contributed by atoms with Crippen LogP contribution in [0.3, 0.4) is 0 Å². The van der Waals surface area contributed by atoms with Crippen molar-refractivity contribution in [2.75, 3.05) is 5.32 Å². The highest BCUT2D eigenvalue weighted by atomic mass is 16.2. The first-order chi connectivity index (χ1) is 9.63. The van der Waals surface area contributed by atoms with Gasteiger partial charge in [-0.2, -0.15) is 0 Å². The van der Waals surface area contributed by atoms with E-state index in [-0.39, 0.29) is 18.1 Å². The van der Waals surface area contributed by atoms with E-state index >= 15 is 0 Å². The van der Waals surface area contributed by atoms with Crippen LogP contribution in [0.5, 0.6) is 0 Å². The lowest BCUT2D eigenvalue weighted by Crippen LogP contribution is -2.28. The Hall–Kier alpha value is -2.30. The SMILES string of the molecule is Cc1ccc(NC(=O)Cn2ccn(C3CC3)c2=O)cc1. The molecule has 0 radical (unpaired) electrons. The van der Waals surface area contributed by atoms with E-state index in [1.165, 1.54) is 4.57 Å². The van der Waals surface area contributed by atoms with Crippen LogP contribution < -0.4 is 11.0 Å². The molecular formula is C15H17N3O2. The molecule has 0 spiro atoms. The van der Waals surface area contributed by atoms with Crippen molar-refractivity contribution < 1.29 is 4.79 Å². The first kappa shape index (κ1) is 12.7. The molecule has 0 atom stereocenters. The van der Waals surface area contributed by atoms with Crippen molar-refractivity contribution in [3.8, 4) is 0 Å². The molecule has 1 aliphatic rings. The van der Waals surface area contributed by atoms with E-state index in [0.717, 1.165) is 24.1 Å². The molecule has 0 saturated heterocycles. The number of benzene rings is 1. The van der Waals surface area contributed by atoms with Gasteiger partial charge >= 0.3 is 5.69 Å². The number of amides is 1. The molecule has 1 aromatic carbocycles. The third-order valence-electron chi connectivity index (χ3n) is 3.46. The fourth-order valence-corrected chi connectivity index (χ4v) is 2.17. The fourth-order valence-electron chi connectivity index (χ4n) is 2.17. The smallest absolute Gasteiger partial charge is 0.325 e. The van der Waals surface area contributed by atoms with Crippen LogP contribution in [-0.4, -0.2) is 15.0 Å². The Kier molecular flexibility index (Phi) is 3.18. The number of aryl methyl sites for hydroxylation is 1. The zero-order valence-corrected chi connectivity index (χ0v) is 11.4. The molecule has 5 nitrogen and oxygen atoms in total. The molecule has 0 unspecified atom stereocenters. The number of carbonyl (C=O) groups excluding carboxylic acids is 1. The number of rotatable bonds is 4. The molecule has 20 heavy (non-hydrogen) atoms. The van der Waals surface area contributed by atoms with E-state index in [0.29, 0.717) is 6.04 Å². The number of nitrogens with one attached hydrogen (secondary N) is 1. The van der Waals surface area contributed by atoms with E-state index in [4.69, 9.17) is 0 Å². The van der Waals surface area contributed by atoms with Crippen LogP contribution >= 0.6 is 0 Å². The lowest BCUT2D eigenvalue weighted by atomic mass is 10.2. The van der Waals surface area contributed by atoms with Crippen molar-refractivity contribution >= 4 is 11.6 Å². The Labute approximate surface area is 116 Å². The van der Waals surface area contributed by atoms with Crippen LogP contribution in [0.4, 0.5) is 5.69 Å². The third-order valence-corrected chi connectivity index (χ3v) is 3.46. The van der Waals surface area contributed by atoms with E-state index < -0.39 is 0 Å². The predicted octanol–water partition coefficient (Wildman–Crippen LogP) is 1.93. The van der Waals surface area contributed by atoms with Crippen molar-refractivity contribution in [2.45, 2.75) is 32.4 Å². The van der Waals surface area contributed by atoms with E-state index in [2.05, 4.69) is 5.32 Å². The summed E-state index contributed by atoms with van der Waals surface area (Å²) in [6.07, 6.45) is 5.55. The summed E-state index contributed by atoms with van der Waals surface area (Å²) in [7, 11) is 0. The van der Waals surface area contributed by atoms with Gasteiger partial charge in [-0.15, -0.1) is 0 Å². The first-order valence-electron chi connectivity index (χ1n) is 6.77. The van der Waals surface area contributed by atoms with Crippen molar-refractivity contribution in [3.05, 3.63) is 52.7 Å². The summed E-state index contributed by atoms with van der Waals surface area (Å²) < 4.78 is 3.15. The van der Waals surface area contributed by atoms with Crippen molar-refractivity contribution in [1.29, 1.82) is 0 Å². The summed E-state index contributed by atoms with van der Waals surface area (Å²) in [6, 6.07) is 7.91. The van der Waals surface area contributed by atoms with Crippen LogP contribution in [0.1, 0.15) is 24.4 Å². The zero-order chi connectivity index (χ0) is 14.1. The van der Waals surface area contributed by atoms with Gasteiger partial charge in [0, 0.05) is 24.1 Å². The summed E-state index contributed by atoms with van der Waals surface area (Å²) in [5.74, 6) is -0.190. The number of hydrogen-bond donors (Lipinski definition) is 1. The molecule has 104 valence electrons. The van der Waals surface area contributed by atoms with Crippen molar-refractivity contribution in [3.63, 3.8) is 0 Å². The van der Waals surface area contributed by atoms with Crippen LogP contribution in [0, 0.1) is 6.92 Å². The monoisotopic (exact) mass is 271 g/mol. The van der Waals surface area contributed by atoms with E-state index in [9.17, 15) is 9.59 Å². The van der Waals surface area contributed by atoms with Crippen molar-refractivity contribution in [2.24, 2.45) is 0 Å². The minimum absolute atomic E-state index is 0.0480. The number of carbonyl (C=O) groups is 1. The first-order valence-corrected chi connectivity index (χ1v) is 6.77. The summed E-state index contributed by atoms with van der Waals surface area (Å²) in [5, 5.41) is 2.79. The third kappa shape index (κ3) is 2.66. The fraction of sp³-hybridized carbons (Fsp3) is 0.333. The van der Waals surface area contributed by atoms with Gasteiger partial charge in [0.25, 0.3) is 0 Å². The van der Waals surface area contributed by atoms with Crippen molar-refractivity contribution in [1.82, 2.24) is 9.13 Å². The second-order valence-electron chi connectivity index (χ2n) is 5.26. The van der Waals surface area contributed by atoms with Crippen LogP contribution in [0.25, 0.3) is 0 Å². The average Bonchev–Trinajstić information content (AvgIpc) is 3.19. The van der Waals surface area contributed by atoms with Gasteiger partial charge in [-0.05, 0) is 31.9 Å². The number of nitrogens with zero attached hydrogens (tertiary/aromatic N) is 2. The highest BCUT2D eigenvalue weighted by molar-refractivity contribution is 5.90. The lowest BCUT2D eigenvalue weighted by Gasteiger charge is -2.05. The van der Waals surface area contributed by atoms with Gasteiger partial charge < -0.3 is 5.32 Å². The summed E-state index contributed by atoms with van der Waals surface area (Å²) in [4.78, 5) is 24.0. The molecule has 0 aliphatic heterocycles. The summed E-state index contributed by atoms with van der Waals surface area (Å²) in [5.41, 5.74) is 1.78. The summed E-state index contributed by atoms with van der Waals surface area (Å²) in [6.45, 7) is 2.04. The maximum atomic E-state index is 12.0. The Morgan fingerprint density at radius 2 is 1.95 bits per heavy atom. The van der Waals surface area contributed by atoms with Gasteiger partial charge in [0.05, 0.1) is 0 Å². The maximum Gasteiger partial charge on any atom is 0.328 e. The topological polar surface area (TPSA) is 56.0 Å². The summed E-state index contributed by atoms with van der Waals surface area (Å²) >= 11 is 0. The quantitative estimate of drug-likeness (QED) is 0.923. The maximum absolute atomic E-state index is 12.0. The molecule has 1 fully saturated rings. The molecule has 2 aromatic rings. The van der Waals surface area contributed by atoms with Gasteiger partial charge in [-0.1, -0.05) is 17.7 Å². The molecule has 3 rings (SSSR count). The molecule has 1 aromatic heterocycles. The molecule has 0 bridgehead atoms. The highest BCUT2D eigenvalue weighted by Gasteiger charge is 2.25. The second-order valence-corrected chi connectivity index (χ2v) is 5.26.